The van der Waals surface area contributed by atoms with E-state index in [1.54, 1.807) is 0 Å². The summed E-state index contributed by atoms with van der Waals surface area (Å²) in [6, 6.07) is 0.178. The average Bonchev–Trinajstić information content (AvgIpc) is 2.83. The zero-order valence-electron chi connectivity index (χ0n) is 11.4. The van der Waals surface area contributed by atoms with Crippen LogP contribution in [-0.2, 0) is 4.79 Å². The van der Waals surface area contributed by atoms with E-state index in [1.807, 2.05) is 14.1 Å². The molecule has 0 unspecified atom stereocenters. The van der Waals surface area contributed by atoms with Crippen LogP contribution < -0.4 is 10.2 Å². The Labute approximate surface area is 117 Å². The largest absolute Gasteiger partial charge is 0.410 e. The Kier molecular flexibility index (Phi) is 6.39. The second kappa shape index (κ2) is 7.81. The molecule has 1 aromatic heterocycles. The van der Waals surface area contributed by atoms with Gasteiger partial charge >= 0.3 is 0 Å². The third kappa shape index (κ3) is 4.93. The predicted octanol–water partition coefficient (Wildman–Crippen LogP) is -0.493. The topological polar surface area (TPSA) is 72.5 Å². The number of quaternary nitrogens is 1. The van der Waals surface area contributed by atoms with Crippen LogP contribution in [0.4, 0.5) is 0 Å². The number of nitrogens with one attached hydrogen (secondary N) is 2. The normalized spacial score (nSPS) is 12.2. The summed E-state index contributed by atoms with van der Waals surface area (Å²) < 4.78 is 5.55. The minimum Gasteiger partial charge on any atom is -0.410 e. The van der Waals surface area contributed by atoms with Gasteiger partial charge in [0.05, 0.1) is 26.4 Å². The van der Waals surface area contributed by atoms with Crippen LogP contribution in [0.1, 0.15) is 25.3 Å². The molecule has 0 fully saturated rings. The van der Waals surface area contributed by atoms with Gasteiger partial charge in [0.25, 0.3) is 11.1 Å². The first kappa shape index (κ1) is 15.5. The van der Waals surface area contributed by atoms with Gasteiger partial charge in [0.1, 0.15) is 0 Å². The third-order valence-electron chi connectivity index (χ3n) is 2.54. The molecule has 1 rings (SSSR count). The Bertz CT molecular complexity index is 453. The lowest BCUT2D eigenvalue weighted by atomic mass is 10.2. The molecule has 2 N–H and O–H groups in total. The van der Waals surface area contributed by atoms with Gasteiger partial charge in [-0.25, -0.2) is 0 Å². The van der Waals surface area contributed by atoms with E-state index in [4.69, 9.17) is 10.8 Å². The predicted molar refractivity (Wildman–Crippen MR) is 72.7 cm³/mol. The van der Waals surface area contributed by atoms with Crippen molar-refractivity contribution >= 4 is 17.7 Å². The molecular weight excluding hydrogens is 264 g/mol. The number of nitrogens with zero attached hydrogens (tertiary/aromatic N) is 2. The Hall–Kier alpha value is -1.52. The lowest BCUT2D eigenvalue weighted by Gasteiger charge is -2.15. The molecule has 0 aliphatic heterocycles. The van der Waals surface area contributed by atoms with Crippen molar-refractivity contribution in [3.63, 3.8) is 0 Å². The van der Waals surface area contributed by atoms with Crippen LogP contribution in [0.25, 0.3) is 0 Å². The monoisotopic (exact) mass is 283 g/mol. The number of thioether (sulfide) groups is 1. The fraction of sp³-hybridized carbons (Fsp3) is 0.583. The number of carbonyl (C=O) groups excluding carboxylic acids is 1. The van der Waals surface area contributed by atoms with Crippen molar-refractivity contribution in [3.8, 4) is 12.3 Å². The number of aromatic nitrogens is 2. The molecule has 6 nitrogen and oxygen atoms in total. The number of rotatable bonds is 7. The van der Waals surface area contributed by atoms with Gasteiger partial charge in [-0.2, -0.15) is 0 Å². The molecule has 1 heterocycles. The minimum absolute atomic E-state index is 0.145. The van der Waals surface area contributed by atoms with Crippen LogP contribution in [0.2, 0.25) is 0 Å². The average molecular weight is 283 g/mol. The Morgan fingerprint density at radius 2 is 2.32 bits per heavy atom. The van der Waals surface area contributed by atoms with Crippen LogP contribution in [0.15, 0.2) is 9.64 Å². The maximum absolute atomic E-state index is 11.4. The SMILES string of the molecule is C#CCNC(=O)CSc1nnc([C@@H](CC)[NH+](C)C)o1. The minimum atomic E-state index is -0.145. The van der Waals surface area contributed by atoms with Gasteiger partial charge in [0.2, 0.25) is 5.91 Å². The van der Waals surface area contributed by atoms with Crippen molar-refractivity contribution in [2.45, 2.75) is 24.6 Å². The van der Waals surface area contributed by atoms with Gasteiger partial charge in [-0.3, -0.25) is 4.79 Å². The lowest BCUT2D eigenvalue weighted by Crippen LogP contribution is -3.06. The van der Waals surface area contributed by atoms with Crippen molar-refractivity contribution in [1.29, 1.82) is 0 Å². The first-order valence-electron chi connectivity index (χ1n) is 6.04. The molecule has 0 bridgehead atoms. The molecule has 0 saturated heterocycles. The molecule has 104 valence electrons. The van der Waals surface area contributed by atoms with Crippen molar-refractivity contribution in [2.24, 2.45) is 0 Å². The summed E-state index contributed by atoms with van der Waals surface area (Å²) in [6.45, 7) is 2.30. The molecule has 0 aliphatic rings. The van der Waals surface area contributed by atoms with Gasteiger partial charge in [-0.15, -0.1) is 16.6 Å². The Morgan fingerprint density at radius 3 is 2.89 bits per heavy atom. The summed E-state index contributed by atoms with van der Waals surface area (Å²) in [4.78, 5) is 12.6. The molecule has 0 aliphatic carbocycles. The number of carbonyl (C=O) groups is 1. The van der Waals surface area contributed by atoms with Gasteiger partial charge in [0.15, 0.2) is 6.04 Å². The van der Waals surface area contributed by atoms with Gasteiger partial charge in [-0.05, 0) is 0 Å². The molecule has 0 saturated carbocycles. The molecule has 0 radical (unpaired) electrons. The van der Waals surface area contributed by atoms with Crippen LogP contribution in [0, 0.1) is 12.3 Å². The van der Waals surface area contributed by atoms with Crippen molar-refractivity contribution in [2.75, 3.05) is 26.4 Å². The van der Waals surface area contributed by atoms with Crippen LogP contribution >= 0.6 is 11.8 Å². The van der Waals surface area contributed by atoms with Crippen molar-refractivity contribution in [3.05, 3.63) is 5.89 Å². The molecule has 0 spiro atoms. The number of terminal acetylenes is 1. The zero-order chi connectivity index (χ0) is 14.3. The first-order chi connectivity index (χ1) is 9.08. The maximum atomic E-state index is 11.4. The highest BCUT2D eigenvalue weighted by molar-refractivity contribution is 7.99. The van der Waals surface area contributed by atoms with E-state index in [0.29, 0.717) is 11.1 Å². The zero-order valence-corrected chi connectivity index (χ0v) is 12.2. The quantitative estimate of drug-likeness (QED) is 0.522. The molecule has 1 amide bonds. The van der Waals surface area contributed by atoms with E-state index in [1.165, 1.54) is 16.7 Å². The van der Waals surface area contributed by atoms with E-state index in [2.05, 4.69) is 28.4 Å². The molecule has 19 heavy (non-hydrogen) atoms. The van der Waals surface area contributed by atoms with Crippen LogP contribution in [0.5, 0.6) is 0 Å². The van der Waals surface area contributed by atoms with E-state index in [9.17, 15) is 4.79 Å². The van der Waals surface area contributed by atoms with Crippen LogP contribution in [0.3, 0.4) is 0 Å². The van der Waals surface area contributed by atoms with Gasteiger partial charge < -0.3 is 14.6 Å². The summed E-state index contributed by atoms with van der Waals surface area (Å²) in [5, 5.41) is 10.9. The van der Waals surface area contributed by atoms with E-state index in [-0.39, 0.29) is 24.2 Å². The number of hydrogen-bond donors (Lipinski definition) is 2. The second-order valence-corrected chi connectivity index (χ2v) is 5.14. The summed E-state index contributed by atoms with van der Waals surface area (Å²) in [7, 11) is 4.08. The smallest absolute Gasteiger partial charge is 0.277 e. The number of amides is 1. The van der Waals surface area contributed by atoms with Gasteiger partial charge in [-0.1, -0.05) is 24.6 Å². The summed E-state index contributed by atoms with van der Waals surface area (Å²) in [5.74, 6) is 3.02. The highest BCUT2D eigenvalue weighted by Crippen LogP contribution is 2.19. The van der Waals surface area contributed by atoms with Crippen LogP contribution in [-0.4, -0.2) is 42.5 Å². The highest BCUT2D eigenvalue weighted by atomic mass is 32.2. The molecule has 7 heteroatoms. The first-order valence-corrected chi connectivity index (χ1v) is 7.03. The standard InChI is InChI=1S/C12H18N4O2S/c1-5-7-13-10(17)8-19-12-15-14-11(18-12)9(6-2)16(3)4/h1,9H,6-8H2,2-4H3,(H,13,17)/p+1/t9-/m1/s1. The second-order valence-electron chi connectivity index (χ2n) is 4.21. The molecular formula is C12H19N4O2S+. The van der Waals surface area contributed by atoms with E-state index < -0.39 is 0 Å². The Balaban J connectivity index is 2.51. The summed E-state index contributed by atoms with van der Waals surface area (Å²) in [6.07, 6.45) is 5.96. The lowest BCUT2D eigenvalue weighted by molar-refractivity contribution is -0.894. The molecule has 1 aromatic rings. The van der Waals surface area contributed by atoms with E-state index in [0.717, 1.165) is 6.42 Å². The highest BCUT2D eigenvalue weighted by Gasteiger charge is 2.22. The summed E-state index contributed by atoms with van der Waals surface area (Å²) in [5.41, 5.74) is 0. The maximum Gasteiger partial charge on any atom is 0.277 e. The Morgan fingerprint density at radius 1 is 1.58 bits per heavy atom. The summed E-state index contributed by atoms with van der Waals surface area (Å²) >= 11 is 1.21. The van der Waals surface area contributed by atoms with E-state index >= 15 is 0 Å². The fourth-order valence-corrected chi connectivity index (χ4v) is 2.18. The number of hydrogen-bond acceptors (Lipinski definition) is 5. The van der Waals surface area contributed by atoms with Crippen molar-refractivity contribution < 1.29 is 14.1 Å². The van der Waals surface area contributed by atoms with Gasteiger partial charge in [0, 0.05) is 6.42 Å². The molecule has 0 aromatic carbocycles. The fourth-order valence-electron chi connectivity index (χ4n) is 1.58. The molecule has 1 atom stereocenters. The third-order valence-corrected chi connectivity index (χ3v) is 3.36. The van der Waals surface area contributed by atoms with Crippen molar-refractivity contribution in [1.82, 2.24) is 15.5 Å².